The summed E-state index contributed by atoms with van der Waals surface area (Å²) in [5, 5.41) is 0. The zero-order valence-corrected chi connectivity index (χ0v) is 13.9. The largest absolute Gasteiger partial charge is 0.298 e. The molecule has 0 aliphatic carbocycles. The molecule has 3 rings (SSSR count). The van der Waals surface area contributed by atoms with Crippen LogP contribution in [0.3, 0.4) is 0 Å². The molecule has 0 bridgehead atoms. The van der Waals surface area contributed by atoms with Crippen molar-refractivity contribution in [2.75, 3.05) is 13.1 Å². The molecule has 1 aliphatic rings. The summed E-state index contributed by atoms with van der Waals surface area (Å²) in [6, 6.07) is 18.9. The van der Waals surface area contributed by atoms with Gasteiger partial charge in [-0.3, -0.25) is 4.90 Å². The van der Waals surface area contributed by atoms with Crippen molar-refractivity contribution in [2.24, 2.45) is 0 Å². The van der Waals surface area contributed by atoms with E-state index in [4.69, 9.17) is 0 Å². The third-order valence-electron chi connectivity index (χ3n) is 4.13. The molecule has 1 atom stereocenters. The molecule has 0 saturated carbocycles. The summed E-state index contributed by atoms with van der Waals surface area (Å²) in [6.45, 7) is 2.63. The van der Waals surface area contributed by atoms with Gasteiger partial charge in [-0.25, -0.2) is 13.1 Å². The van der Waals surface area contributed by atoms with E-state index in [0.717, 1.165) is 32.5 Å². The molecule has 1 fully saturated rings. The Morgan fingerprint density at radius 2 is 1.65 bits per heavy atom. The molecule has 2 aromatic carbocycles. The van der Waals surface area contributed by atoms with Crippen LogP contribution < -0.4 is 4.72 Å². The van der Waals surface area contributed by atoms with Crippen molar-refractivity contribution in [3.63, 3.8) is 0 Å². The van der Waals surface area contributed by atoms with Crippen LogP contribution in [-0.2, 0) is 16.6 Å². The van der Waals surface area contributed by atoms with Gasteiger partial charge in [0.1, 0.15) is 0 Å². The third-order valence-corrected chi connectivity index (χ3v) is 5.67. The lowest BCUT2D eigenvalue weighted by Gasteiger charge is -2.33. The topological polar surface area (TPSA) is 49.4 Å². The Bertz CT molecular complexity index is 717. The number of sulfonamides is 1. The van der Waals surface area contributed by atoms with E-state index in [-0.39, 0.29) is 6.04 Å². The number of hydrogen-bond acceptors (Lipinski definition) is 3. The third kappa shape index (κ3) is 4.41. The van der Waals surface area contributed by atoms with Crippen molar-refractivity contribution >= 4 is 10.0 Å². The van der Waals surface area contributed by atoms with Crippen LogP contribution in [0.15, 0.2) is 65.6 Å². The number of likely N-dealkylation sites (tertiary alicyclic amines) is 1. The summed E-state index contributed by atoms with van der Waals surface area (Å²) in [7, 11) is -3.43. The van der Waals surface area contributed by atoms with Gasteiger partial charge in [-0.05, 0) is 37.1 Å². The van der Waals surface area contributed by atoms with E-state index < -0.39 is 10.0 Å². The van der Waals surface area contributed by atoms with Gasteiger partial charge in [0.2, 0.25) is 10.0 Å². The molecule has 23 heavy (non-hydrogen) atoms. The number of nitrogens with one attached hydrogen (secondary N) is 1. The molecule has 0 aromatic heterocycles. The highest BCUT2D eigenvalue weighted by atomic mass is 32.2. The Morgan fingerprint density at radius 3 is 2.35 bits per heavy atom. The summed E-state index contributed by atoms with van der Waals surface area (Å²) in [6.07, 6.45) is 1.90. The zero-order valence-electron chi connectivity index (χ0n) is 13.1. The van der Waals surface area contributed by atoms with Crippen molar-refractivity contribution in [3.8, 4) is 0 Å². The molecule has 122 valence electrons. The Hall–Kier alpha value is -1.69. The van der Waals surface area contributed by atoms with Crippen LogP contribution in [0.1, 0.15) is 18.4 Å². The highest BCUT2D eigenvalue weighted by Gasteiger charge is 2.25. The van der Waals surface area contributed by atoms with Crippen LogP contribution in [0.2, 0.25) is 0 Å². The number of hydrogen-bond donors (Lipinski definition) is 1. The second-order valence-electron chi connectivity index (χ2n) is 5.99. The van der Waals surface area contributed by atoms with Gasteiger partial charge in [0.25, 0.3) is 0 Å². The fourth-order valence-corrected chi connectivity index (χ4v) is 4.31. The van der Waals surface area contributed by atoms with E-state index in [1.807, 2.05) is 24.3 Å². The van der Waals surface area contributed by atoms with Gasteiger partial charge in [-0.15, -0.1) is 0 Å². The van der Waals surface area contributed by atoms with Gasteiger partial charge in [0, 0.05) is 19.1 Å². The van der Waals surface area contributed by atoms with Crippen LogP contribution in [-0.4, -0.2) is 32.4 Å². The molecule has 0 amide bonds. The lowest BCUT2D eigenvalue weighted by atomic mass is 10.1. The second-order valence-corrected chi connectivity index (χ2v) is 7.71. The molecule has 2 aromatic rings. The van der Waals surface area contributed by atoms with E-state index >= 15 is 0 Å². The molecule has 0 radical (unpaired) electrons. The molecular formula is C18H22N2O2S. The highest BCUT2D eigenvalue weighted by molar-refractivity contribution is 7.89. The van der Waals surface area contributed by atoms with Crippen LogP contribution in [0.25, 0.3) is 0 Å². The van der Waals surface area contributed by atoms with E-state index in [1.165, 1.54) is 5.56 Å². The lowest BCUT2D eigenvalue weighted by Crippen LogP contribution is -2.47. The minimum absolute atomic E-state index is 0.0299. The smallest absolute Gasteiger partial charge is 0.240 e. The maximum Gasteiger partial charge on any atom is 0.240 e. The molecule has 1 N–H and O–H groups in total. The molecular weight excluding hydrogens is 308 g/mol. The lowest BCUT2D eigenvalue weighted by molar-refractivity contribution is 0.194. The number of benzene rings is 2. The fourth-order valence-electron chi connectivity index (χ4n) is 3.02. The summed E-state index contributed by atoms with van der Waals surface area (Å²) in [5.74, 6) is 0. The van der Waals surface area contributed by atoms with Crippen LogP contribution in [0.5, 0.6) is 0 Å². The number of rotatable bonds is 5. The van der Waals surface area contributed by atoms with Crippen LogP contribution in [0, 0.1) is 0 Å². The van der Waals surface area contributed by atoms with Crippen molar-refractivity contribution in [1.29, 1.82) is 0 Å². The van der Waals surface area contributed by atoms with Crippen molar-refractivity contribution in [2.45, 2.75) is 30.3 Å². The van der Waals surface area contributed by atoms with Crippen molar-refractivity contribution < 1.29 is 8.42 Å². The maximum absolute atomic E-state index is 12.4. The van der Waals surface area contributed by atoms with Gasteiger partial charge in [0.15, 0.2) is 0 Å². The highest BCUT2D eigenvalue weighted by Crippen LogP contribution is 2.16. The summed E-state index contributed by atoms with van der Waals surface area (Å²) in [5.41, 5.74) is 1.26. The van der Waals surface area contributed by atoms with E-state index in [2.05, 4.69) is 21.8 Å². The van der Waals surface area contributed by atoms with E-state index in [9.17, 15) is 8.42 Å². The minimum Gasteiger partial charge on any atom is -0.298 e. The summed E-state index contributed by atoms with van der Waals surface area (Å²) in [4.78, 5) is 2.65. The van der Waals surface area contributed by atoms with Crippen LogP contribution in [0.4, 0.5) is 0 Å². The maximum atomic E-state index is 12.4. The Kier molecular flexibility index (Phi) is 5.10. The fraction of sp³-hybridized carbons (Fsp3) is 0.333. The summed E-state index contributed by atoms with van der Waals surface area (Å²) >= 11 is 0. The SMILES string of the molecule is O=S(=O)(NC1CCCN(Cc2ccccc2)C1)c1ccccc1. The van der Waals surface area contributed by atoms with Crippen molar-refractivity contribution in [3.05, 3.63) is 66.2 Å². The van der Waals surface area contributed by atoms with E-state index in [0.29, 0.717) is 4.90 Å². The normalized spacial score (nSPS) is 19.6. The quantitative estimate of drug-likeness (QED) is 0.917. The Morgan fingerprint density at radius 1 is 1.00 bits per heavy atom. The Labute approximate surface area is 138 Å². The first-order chi connectivity index (χ1) is 11.1. The first kappa shape index (κ1) is 16.2. The van der Waals surface area contributed by atoms with Gasteiger partial charge >= 0.3 is 0 Å². The number of piperidine rings is 1. The van der Waals surface area contributed by atoms with Crippen LogP contribution >= 0.6 is 0 Å². The molecule has 1 aliphatic heterocycles. The zero-order chi connectivity index (χ0) is 16.1. The molecule has 1 heterocycles. The predicted molar refractivity (Wildman–Crippen MR) is 91.5 cm³/mol. The minimum atomic E-state index is -3.43. The Balaban J connectivity index is 1.63. The van der Waals surface area contributed by atoms with Crippen molar-refractivity contribution in [1.82, 2.24) is 9.62 Å². The standard InChI is InChI=1S/C18H22N2O2S/c21-23(22,18-11-5-2-6-12-18)19-17-10-7-13-20(15-17)14-16-8-3-1-4-9-16/h1-6,8-9,11-12,17,19H,7,10,13-15H2. The van der Waals surface area contributed by atoms with Gasteiger partial charge in [0.05, 0.1) is 4.90 Å². The first-order valence-electron chi connectivity index (χ1n) is 7.97. The molecule has 5 heteroatoms. The molecule has 0 spiro atoms. The number of nitrogens with zero attached hydrogens (tertiary/aromatic N) is 1. The summed E-state index contributed by atoms with van der Waals surface area (Å²) < 4.78 is 27.7. The monoisotopic (exact) mass is 330 g/mol. The first-order valence-corrected chi connectivity index (χ1v) is 9.45. The molecule has 1 unspecified atom stereocenters. The molecule has 4 nitrogen and oxygen atoms in total. The van der Waals surface area contributed by atoms with Gasteiger partial charge in [-0.1, -0.05) is 48.5 Å². The average Bonchev–Trinajstić information content (AvgIpc) is 2.56. The molecule has 1 saturated heterocycles. The predicted octanol–water partition coefficient (Wildman–Crippen LogP) is 2.63. The second kappa shape index (κ2) is 7.25. The van der Waals surface area contributed by atoms with E-state index in [1.54, 1.807) is 24.3 Å². The average molecular weight is 330 g/mol. The van der Waals surface area contributed by atoms with Gasteiger partial charge < -0.3 is 0 Å². The van der Waals surface area contributed by atoms with Gasteiger partial charge in [-0.2, -0.15) is 0 Å².